The van der Waals surface area contributed by atoms with Crippen molar-refractivity contribution in [2.75, 3.05) is 13.2 Å². The van der Waals surface area contributed by atoms with Crippen LogP contribution < -0.4 is 5.32 Å². The Labute approximate surface area is 104 Å². The Morgan fingerprint density at radius 2 is 2.24 bits per heavy atom. The van der Waals surface area contributed by atoms with Gasteiger partial charge in [0.1, 0.15) is 0 Å². The number of hydrogen-bond acceptors (Lipinski definition) is 3. The van der Waals surface area contributed by atoms with Crippen LogP contribution in [-0.2, 0) is 7.05 Å². The molecular weight excluding hydrogens is 214 g/mol. The SMILES string of the molecule is CC(NCC(C)(C)CCCO)c1cnn(C)c1. The van der Waals surface area contributed by atoms with Gasteiger partial charge >= 0.3 is 0 Å². The van der Waals surface area contributed by atoms with E-state index in [4.69, 9.17) is 5.11 Å². The highest BCUT2D eigenvalue weighted by Crippen LogP contribution is 2.22. The minimum Gasteiger partial charge on any atom is -0.396 e. The molecule has 1 atom stereocenters. The summed E-state index contributed by atoms with van der Waals surface area (Å²) in [6.45, 7) is 7.83. The summed E-state index contributed by atoms with van der Waals surface area (Å²) < 4.78 is 1.82. The van der Waals surface area contributed by atoms with Crippen molar-refractivity contribution in [1.82, 2.24) is 15.1 Å². The summed E-state index contributed by atoms with van der Waals surface area (Å²) in [5, 5.41) is 16.6. The predicted molar refractivity (Wildman–Crippen MR) is 69.7 cm³/mol. The van der Waals surface area contributed by atoms with Gasteiger partial charge in [-0.15, -0.1) is 0 Å². The van der Waals surface area contributed by atoms with E-state index in [1.54, 1.807) is 0 Å². The first-order chi connectivity index (χ1) is 7.94. The van der Waals surface area contributed by atoms with Crippen LogP contribution in [0.3, 0.4) is 0 Å². The van der Waals surface area contributed by atoms with Crippen LogP contribution in [-0.4, -0.2) is 28.0 Å². The van der Waals surface area contributed by atoms with Gasteiger partial charge in [0.2, 0.25) is 0 Å². The van der Waals surface area contributed by atoms with Gasteiger partial charge in [0.05, 0.1) is 6.20 Å². The lowest BCUT2D eigenvalue weighted by molar-refractivity contribution is 0.233. The van der Waals surface area contributed by atoms with Gasteiger partial charge in [0.15, 0.2) is 0 Å². The lowest BCUT2D eigenvalue weighted by Crippen LogP contribution is -2.31. The molecule has 0 bridgehead atoms. The smallest absolute Gasteiger partial charge is 0.0537 e. The summed E-state index contributed by atoms with van der Waals surface area (Å²) in [6, 6.07) is 0.317. The Balaban J connectivity index is 2.39. The number of nitrogens with zero attached hydrogens (tertiary/aromatic N) is 2. The van der Waals surface area contributed by atoms with E-state index in [1.165, 1.54) is 5.56 Å². The molecule has 0 saturated carbocycles. The van der Waals surface area contributed by atoms with Crippen LogP contribution in [0.5, 0.6) is 0 Å². The monoisotopic (exact) mass is 239 g/mol. The Kier molecular flexibility index (Phi) is 5.15. The molecule has 0 aliphatic heterocycles. The summed E-state index contributed by atoms with van der Waals surface area (Å²) in [6.07, 6.45) is 5.85. The average Bonchev–Trinajstić information content (AvgIpc) is 2.70. The van der Waals surface area contributed by atoms with Crippen molar-refractivity contribution in [3.63, 3.8) is 0 Å². The molecule has 0 fully saturated rings. The molecule has 0 saturated heterocycles. The normalized spacial score (nSPS) is 13.9. The van der Waals surface area contributed by atoms with Crippen molar-refractivity contribution in [2.24, 2.45) is 12.5 Å². The van der Waals surface area contributed by atoms with Gasteiger partial charge in [-0.1, -0.05) is 13.8 Å². The molecule has 0 aliphatic rings. The van der Waals surface area contributed by atoms with Crippen LogP contribution in [0, 0.1) is 5.41 Å². The number of hydrogen-bond donors (Lipinski definition) is 2. The standard InChI is InChI=1S/C13H25N3O/c1-11(12-8-15-16(4)9-12)14-10-13(2,3)6-5-7-17/h8-9,11,14,17H,5-7,10H2,1-4H3. The molecule has 4 nitrogen and oxygen atoms in total. The molecule has 1 unspecified atom stereocenters. The highest BCUT2D eigenvalue weighted by atomic mass is 16.2. The molecule has 0 amide bonds. The molecule has 0 aromatic carbocycles. The third-order valence-electron chi connectivity index (χ3n) is 3.12. The lowest BCUT2D eigenvalue weighted by Gasteiger charge is -2.26. The molecule has 4 heteroatoms. The van der Waals surface area contributed by atoms with Crippen molar-refractivity contribution in [2.45, 2.75) is 39.7 Å². The molecule has 2 N–H and O–H groups in total. The van der Waals surface area contributed by atoms with E-state index in [9.17, 15) is 0 Å². The first-order valence-electron chi connectivity index (χ1n) is 6.27. The van der Waals surface area contributed by atoms with Crippen molar-refractivity contribution in [3.05, 3.63) is 18.0 Å². The second-order valence-electron chi connectivity index (χ2n) is 5.54. The molecule has 17 heavy (non-hydrogen) atoms. The van der Waals surface area contributed by atoms with E-state index in [2.05, 4.69) is 31.2 Å². The van der Waals surface area contributed by atoms with Crippen molar-refractivity contribution < 1.29 is 5.11 Å². The summed E-state index contributed by atoms with van der Waals surface area (Å²) >= 11 is 0. The topological polar surface area (TPSA) is 50.1 Å². The maximum absolute atomic E-state index is 8.86. The third kappa shape index (κ3) is 4.88. The second kappa shape index (κ2) is 6.17. The molecule has 98 valence electrons. The van der Waals surface area contributed by atoms with Crippen molar-refractivity contribution >= 4 is 0 Å². The number of nitrogens with one attached hydrogen (secondary N) is 1. The predicted octanol–water partition coefficient (Wildman–Crippen LogP) is 1.87. The molecule has 1 aromatic heterocycles. The van der Waals surface area contributed by atoms with Crippen molar-refractivity contribution in [1.29, 1.82) is 0 Å². The molecular formula is C13H25N3O. The highest BCUT2D eigenvalue weighted by molar-refractivity contribution is 5.08. The lowest BCUT2D eigenvalue weighted by atomic mass is 9.87. The van der Waals surface area contributed by atoms with Gasteiger partial charge in [-0.2, -0.15) is 5.10 Å². The zero-order chi connectivity index (χ0) is 12.9. The van der Waals surface area contributed by atoms with Crippen LogP contribution in [0.25, 0.3) is 0 Å². The van der Waals surface area contributed by atoms with E-state index in [0.29, 0.717) is 6.04 Å². The summed E-state index contributed by atoms with van der Waals surface area (Å²) in [5.41, 5.74) is 1.43. The molecule has 1 heterocycles. The maximum Gasteiger partial charge on any atom is 0.0537 e. The number of aryl methyl sites for hydroxylation is 1. The van der Waals surface area contributed by atoms with E-state index >= 15 is 0 Å². The number of aliphatic hydroxyl groups excluding tert-OH is 1. The Morgan fingerprint density at radius 3 is 2.76 bits per heavy atom. The minimum atomic E-state index is 0.221. The molecule has 0 spiro atoms. The zero-order valence-corrected chi connectivity index (χ0v) is 11.4. The van der Waals surface area contributed by atoms with Gasteiger partial charge in [-0.05, 0) is 25.2 Å². The van der Waals surface area contributed by atoms with Gasteiger partial charge in [-0.25, -0.2) is 0 Å². The van der Waals surface area contributed by atoms with Crippen LogP contribution in [0.1, 0.15) is 45.2 Å². The number of aromatic nitrogens is 2. The maximum atomic E-state index is 8.86. The quantitative estimate of drug-likeness (QED) is 0.763. The van der Waals surface area contributed by atoms with Crippen molar-refractivity contribution in [3.8, 4) is 0 Å². The zero-order valence-electron chi connectivity index (χ0n) is 11.4. The van der Waals surface area contributed by atoms with Gasteiger partial charge in [-0.3, -0.25) is 4.68 Å². The van der Waals surface area contributed by atoms with Gasteiger partial charge in [0.25, 0.3) is 0 Å². The van der Waals surface area contributed by atoms with Crippen LogP contribution in [0.4, 0.5) is 0 Å². The van der Waals surface area contributed by atoms with Crippen LogP contribution in [0.15, 0.2) is 12.4 Å². The van der Waals surface area contributed by atoms with E-state index in [0.717, 1.165) is 19.4 Å². The van der Waals surface area contributed by atoms with E-state index in [-0.39, 0.29) is 12.0 Å². The molecule has 1 rings (SSSR count). The fourth-order valence-corrected chi connectivity index (χ4v) is 1.86. The number of rotatable bonds is 7. The summed E-state index contributed by atoms with van der Waals surface area (Å²) in [4.78, 5) is 0. The van der Waals surface area contributed by atoms with Gasteiger partial charge in [0, 0.05) is 38.0 Å². The van der Waals surface area contributed by atoms with E-state index < -0.39 is 0 Å². The first kappa shape index (κ1) is 14.2. The molecule has 1 aromatic rings. The summed E-state index contributed by atoms with van der Waals surface area (Å²) in [5.74, 6) is 0. The molecule has 0 radical (unpaired) electrons. The van der Waals surface area contributed by atoms with Gasteiger partial charge < -0.3 is 10.4 Å². The van der Waals surface area contributed by atoms with Crippen LogP contribution in [0.2, 0.25) is 0 Å². The second-order valence-corrected chi connectivity index (χ2v) is 5.54. The number of aliphatic hydroxyl groups is 1. The molecule has 0 aliphatic carbocycles. The fourth-order valence-electron chi connectivity index (χ4n) is 1.86. The first-order valence-corrected chi connectivity index (χ1v) is 6.27. The third-order valence-corrected chi connectivity index (χ3v) is 3.12. The Bertz CT molecular complexity index is 333. The Morgan fingerprint density at radius 1 is 1.53 bits per heavy atom. The largest absolute Gasteiger partial charge is 0.396 e. The minimum absolute atomic E-state index is 0.221. The average molecular weight is 239 g/mol. The van der Waals surface area contributed by atoms with E-state index in [1.807, 2.05) is 24.1 Å². The van der Waals surface area contributed by atoms with Crippen LogP contribution >= 0.6 is 0 Å². The Hall–Kier alpha value is -0.870. The summed E-state index contributed by atoms with van der Waals surface area (Å²) in [7, 11) is 1.93. The highest BCUT2D eigenvalue weighted by Gasteiger charge is 2.18. The fraction of sp³-hybridized carbons (Fsp3) is 0.769.